The van der Waals surface area contributed by atoms with Crippen LogP contribution in [0.25, 0.3) is 11.3 Å². The topological polar surface area (TPSA) is 47.3 Å². The fourth-order valence-corrected chi connectivity index (χ4v) is 2.68. The average molecular weight is 286 g/mol. The molecule has 1 aromatic carbocycles. The summed E-state index contributed by atoms with van der Waals surface area (Å²) in [7, 11) is 1.70. The average Bonchev–Trinajstić information content (AvgIpc) is 2.87. The maximum Gasteiger partial charge on any atom is 0.170 e. The van der Waals surface area contributed by atoms with Crippen molar-refractivity contribution in [2.75, 3.05) is 7.11 Å². The van der Waals surface area contributed by atoms with Gasteiger partial charge >= 0.3 is 0 Å². The monoisotopic (exact) mass is 286 g/mol. The molecular weight excluding hydrogens is 264 g/mol. The van der Waals surface area contributed by atoms with E-state index < -0.39 is 0 Å². The van der Waals surface area contributed by atoms with E-state index in [0.29, 0.717) is 0 Å². The normalized spacial score (nSPS) is 13.7. The third kappa shape index (κ3) is 2.81. The van der Waals surface area contributed by atoms with E-state index in [1.54, 1.807) is 7.11 Å². The molecule has 4 nitrogen and oxygen atoms in total. The maximum absolute atomic E-state index is 5.62. The number of fused-ring (bicyclic) bond motifs is 3. The van der Waals surface area contributed by atoms with Crippen LogP contribution in [0.15, 0.2) is 22.7 Å². The summed E-state index contributed by atoms with van der Waals surface area (Å²) in [5.41, 5.74) is 4.76. The number of benzene rings is 1. The standard InChI is InChI=1S/C17H22N2O2/c1-17(2,3)18-10-15-14-7-5-11-9-12(20-4)6-8-13(11)16(14)21-19-15/h6,8-9,18H,5,7,10H2,1-4H3. The smallest absolute Gasteiger partial charge is 0.170 e. The molecule has 1 aromatic heterocycles. The third-order valence-corrected chi connectivity index (χ3v) is 3.86. The van der Waals surface area contributed by atoms with Gasteiger partial charge in [0.25, 0.3) is 0 Å². The number of hydrogen-bond acceptors (Lipinski definition) is 4. The highest BCUT2D eigenvalue weighted by molar-refractivity contribution is 5.69. The molecule has 0 saturated heterocycles. The minimum absolute atomic E-state index is 0.0752. The molecule has 0 unspecified atom stereocenters. The number of nitrogens with zero attached hydrogens (tertiary/aromatic N) is 1. The highest BCUT2D eigenvalue weighted by Gasteiger charge is 2.25. The Labute approximate surface area is 125 Å². The van der Waals surface area contributed by atoms with E-state index in [-0.39, 0.29) is 5.54 Å². The lowest BCUT2D eigenvalue weighted by Crippen LogP contribution is -2.35. The summed E-state index contributed by atoms with van der Waals surface area (Å²) in [5, 5.41) is 7.75. The van der Waals surface area contributed by atoms with Crippen LogP contribution < -0.4 is 10.1 Å². The molecule has 3 rings (SSSR count). The SMILES string of the molecule is COc1ccc2c(c1)CCc1c(CNC(C)(C)C)noc1-2. The fourth-order valence-electron chi connectivity index (χ4n) is 2.68. The first-order valence-electron chi connectivity index (χ1n) is 7.37. The molecule has 21 heavy (non-hydrogen) atoms. The molecule has 112 valence electrons. The highest BCUT2D eigenvalue weighted by atomic mass is 16.5. The second-order valence-electron chi connectivity index (χ2n) is 6.56. The molecule has 0 spiro atoms. The molecular formula is C17H22N2O2. The molecule has 0 bridgehead atoms. The van der Waals surface area contributed by atoms with E-state index in [9.17, 15) is 0 Å². The van der Waals surface area contributed by atoms with Crippen molar-refractivity contribution in [3.63, 3.8) is 0 Å². The quantitative estimate of drug-likeness (QED) is 0.940. The van der Waals surface area contributed by atoms with Crippen molar-refractivity contribution in [3.8, 4) is 17.1 Å². The van der Waals surface area contributed by atoms with Gasteiger partial charge in [0.15, 0.2) is 5.76 Å². The summed E-state index contributed by atoms with van der Waals surface area (Å²) in [6, 6.07) is 6.13. The van der Waals surface area contributed by atoms with Gasteiger partial charge in [-0.1, -0.05) is 5.16 Å². The number of rotatable bonds is 3. The van der Waals surface area contributed by atoms with Crippen LogP contribution in [0.5, 0.6) is 5.75 Å². The predicted octanol–water partition coefficient (Wildman–Crippen LogP) is 3.34. The zero-order chi connectivity index (χ0) is 15.0. The van der Waals surface area contributed by atoms with Gasteiger partial charge in [-0.25, -0.2) is 0 Å². The van der Waals surface area contributed by atoms with Crippen molar-refractivity contribution in [1.82, 2.24) is 10.5 Å². The molecule has 1 heterocycles. The van der Waals surface area contributed by atoms with Crippen molar-refractivity contribution in [2.24, 2.45) is 0 Å². The number of ether oxygens (including phenoxy) is 1. The number of aryl methyl sites for hydroxylation is 1. The van der Waals surface area contributed by atoms with Crippen LogP contribution in [0, 0.1) is 0 Å². The number of methoxy groups -OCH3 is 1. The van der Waals surface area contributed by atoms with Crippen molar-refractivity contribution in [1.29, 1.82) is 0 Å². The van der Waals surface area contributed by atoms with Gasteiger partial charge in [0.05, 0.1) is 7.11 Å². The van der Waals surface area contributed by atoms with Crippen molar-refractivity contribution in [3.05, 3.63) is 35.0 Å². The molecule has 4 heteroatoms. The second kappa shape index (κ2) is 5.19. The van der Waals surface area contributed by atoms with Gasteiger partial charge < -0.3 is 14.6 Å². The van der Waals surface area contributed by atoms with Gasteiger partial charge in [-0.05, 0) is 57.4 Å². The van der Waals surface area contributed by atoms with Crippen LogP contribution in [-0.2, 0) is 19.4 Å². The minimum atomic E-state index is 0.0752. The number of hydrogen-bond donors (Lipinski definition) is 1. The van der Waals surface area contributed by atoms with Crippen molar-refractivity contribution >= 4 is 0 Å². The Hall–Kier alpha value is -1.81. The van der Waals surface area contributed by atoms with Crippen molar-refractivity contribution < 1.29 is 9.26 Å². The number of nitrogens with one attached hydrogen (secondary N) is 1. The Morgan fingerprint density at radius 2 is 2.10 bits per heavy atom. The summed E-state index contributed by atoms with van der Waals surface area (Å²) in [5.74, 6) is 1.82. The van der Waals surface area contributed by atoms with E-state index in [0.717, 1.165) is 42.2 Å². The molecule has 1 aliphatic carbocycles. The zero-order valence-electron chi connectivity index (χ0n) is 13.1. The molecule has 2 aromatic rings. The molecule has 0 amide bonds. The van der Waals surface area contributed by atoms with Crippen LogP contribution in [0.3, 0.4) is 0 Å². The van der Waals surface area contributed by atoms with E-state index in [2.05, 4.69) is 43.4 Å². The van der Waals surface area contributed by atoms with E-state index >= 15 is 0 Å². The zero-order valence-corrected chi connectivity index (χ0v) is 13.1. The molecule has 0 aliphatic heterocycles. The molecule has 0 radical (unpaired) electrons. The maximum atomic E-state index is 5.62. The third-order valence-electron chi connectivity index (χ3n) is 3.86. The first-order chi connectivity index (χ1) is 9.98. The van der Waals surface area contributed by atoms with Gasteiger partial charge in [0.2, 0.25) is 0 Å². The Morgan fingerprint density at radius 3 is 2.81 bits per heavy atom. The van der Waals surface area contributed by atoms with E-state index in [1.807, 2.05) is 6.07 Å². The summed E-state index contributed by atoms with van der Waals surface area (Å²) in [6.45, 7) is 7.21. The van der Waals surface area contributed by atoms with Gasteiger partial charge in [0, 0.05) is 23.2 Å². The van der Waals surface area contributed by atoms with Crippen molar-refractivity contribution in [2.45, 2.75) is 45.7 Å². The van der Waals surface area contributed by atoms with Gasteiger partial charge in [-0.2, -0.15) is 0 Å². The predicted molar refractivity (Wildman–Crippen MR) is 82.5 cm³/mol. The summed E-state index contributed by atoms with van der Waals surface area (Å²) < 4.78 is 10.9. The van der Waals surface area contributed by atoms with Crippen LogP contribution in [0.4, 0.5) is 0 Å². The lowest BCUT2D eigenvalue weighted by atomic mass is 9.89. The Kier molecular flexibility index (Phi) is 3.49. The van der Waals surface area contributed by atoms with Crippen LogP contribution in [0.2, 0.25) is 0 Å². The molecule has 1 aliphatic rings. The lowest BCUT2D eigenvalue weighted by molar-refractivity contribution is 0.392. The van der Waals surface area contributed by atoms with E-state index in [4.69, 9.17) is 9.26 Å². The number of aromatic nitrogens is 1. The summed E-state index contributed by atoms with van der Waals surface area (Å²) in [4.78, 5) is 0. The highest BCUT2D eigenvalue weighted by Crippen LogP contribution is 2.37. The molecule has 1 N–H and O–H groups in total. The minimum Gasteiger partial charge on any atom is -0.497 e. The lowest BCUT2D eigenvalue weighted by Gasteiger charge is -2.20. The summed E-state index contributed by atoms with van der Waals surface area (Å²) >= 11 is 0. The van der Waals surface area contributed by atoms with Gasteiger partial charge in [-0.3, -0.25) is 0 Å². The summed E-state index contributed by atoms with van der Waals surface area (Å²) in [6.07, 6.45) is 1.98. The first kappa shape index (κ1) is 14.1. The van der Waals surface area contributed by atoms with Gasteiger partial charge in [0.1, 0.15) is 11.4 Å². The molecule has 0 atom stereocenters. The van der Waals surface area contributed by atoms with E-state index in [1.165, 1.54) is 11.1 Å². The Morgan fingerprint density at radius 1 is 1.29 bits per heavy atom. The Bertz CT molecular complexity index is 653. The van der Waals surface area contributed by atoms with Gasteiger partial charge in [-0.15, -0.1) is 0 Å². The van der Waals surface area contributed by atoms with Crippen LogP contribution >= 0.6 is 0 Å². The van der Waals surface area contributed by atoms with Crippen LogP contribution in [0.1, 0.15) is 37.6 Å². The molecule has 0 fully saturated rings. The largest absolute Gasteiger partial charge is 0.497 e. The first-order valence-corrected chi connectivity index (χ1v) is 7.37. The second-order valence-corrected chi connectivity index (χ2v) is 6.56. The fraction of sp³-hybridized carbons (Fsp3) is 0.471. The molecule has 0 saturated carbocycles. The Balaban J connectivity index is 1.91. The van der Waals surface area contributed by atoms with Crippen LogP contribution in [-0.4, -0.2) is 17.8 Å².